The summed E-state index contributed by atoms with van der Waals surface area (Å²) in [5.41, 5.74) is 3.10. The predicted octanol–water partition coefficient (Wildman–Crippen LogP) is 3.81. The number of nitrogens with one attached hydrogen (secondary N) is 2. The zero-order valence-corrected chi connectivity index (χ0v) is 19.8. The van der Waals surface area contributed by atoms with Crippen molar-refractivity contribution in [1.82, 2.24) is 20.0 Å². The van der Waals surface area contributed by atoms with Gasteiger partial charge in [0.1, 0.15) is 11.6 Å². The van der Waals surface area contributed by atoms with E-state index in [-0.39, 0.29) is 24.2 Å². The molecule has 0 fully saturated rings. The second-order valence-electron chi connectivity index (χ2n) is 7.46. The molecule has 9 nitrogen and oxygen atoms in total. The van der Waals surface area contributed by atoms with Crippen molar-refractivity contribution in [1.29, 1.82) is 0 Å². The van der Waals surface area contributed by atoms with Gasteiger partial charge in [-0.2, -0.15) is 0 Å². The van der Waals surface area contributed by atoms with Gasteiger partial charge in [-0.05, 0) is 43.9 Å². The fourth-order valence-electron chi connectivity index (χ4n) is 3.28. The predicted molar refractivity (Wildman–Crippen MR) is 127 cm³/mol. The minimum absolute atomic E-state index is 0.0915. The van der Waals surface area contributed by atoms with Gasteiger partial charge >= 0.3 is 0 Å². The number of carbonyl (C=O) groups is 2. The van der Waals surface area contributed by atoms with Crippen LogP contribution < -0.4 is 16.4 Å². The molecule has 0 bridgehead atoms. The molecule has 3 N–H and O–H groups in total. The fraction of sp³-hybridized carbons (Fsp3) is 0.318. The molecule has 3 rings (SSSR count). The maximum Gasteiger partial charge on any atom is 0.255 e. The number of thiazole rings is 1. The second kappa shape index (κ2) is 11.2. The second-order valence-corrected chi connectivity index (χ2v) is 8.90. The van der Waals surface area contributed by atoms with Gasteiger partial charge in [0.25, 0.3) is 5.56 Å². The molecule has 0 radical (unpaired) electrons. The molecule has 0 aliphatic heterocycles. The Morgan fingerprint density at radius 1 is 1.24 bits per heavy atom. The molecule has 0 atom stereocenters. The van der Waals surface area contributed by atoms with Crippen LogP contribution in [0.4, 0.5) is 10.9 Å². The van der Waals surface area contributed by atoms with E-state index in [4.69, 9.17) is 16.8 Å². The number of hydroxylamine groups is 1. The quantitative estimate of drug-likeness (QED) is 0.171. The topological polar surface area (TPSA) is 126 Å². The Morgan fingerprint density at radius 2 is 2.03 bits per heavy atom. The summed E-state index contributed by atoms with van der Waals surface area (Å²) in [7, 11) is 0. The van der Waals surface area contributed by atoms with Crippen LogP contribution in [0.1, 0.15) is 45.9 Å². The van der Waals surface area contributed by atoms with Crippen LogP contribution in [-0.4, -0.2) is 31.4 Å². The lowest BCUT2D eigenvalue weighted by Crippen LogP contribution is -2.24. The number of rotatable bonds is 10. The summed E-state index contributed by atoms with van der Waals surface area (Å²) in [4.78, 5) is 45.4. The Bertz CT molecular complexity index is 1200. The molecule has 0 aliphatic rings. The lowest BCUT2D eigenvalue weighted by molar-refractivity contribution is -0.129. The lowest BCUT2D eigenvalue weighted by atomic mass is 10.0. The van der Waals surface area contributed by atoms with Gasteiger partial charge < -0.3 is 5.32 Å². The number of anilines is 2. The number of aryl methyl sites for hydroxylation is 2. The molecule has 0 saturated heterocycles. The van der Waals surface area contributed by atoms with Crippen molar-refractivity contribution >= 4 is 45.6 Å². The van der Waals surface area contributed by atoms with Crippen molar-refractivity contribution in [2.75, 3.05) is 5.32 Å². The molecule has 0 unspecified atom stereocenters. The molecule has 2 heterocycles. The van der Waals surface area contributed by atoms with E-state index in [1.807, 2.05) is 19.1 Å². The van der Waals surface area contributed by atoms with E-state index < -0.39 is 5.91 Å². The third-order valence-electron chi connectivity index (χ3n) is 5.07. The van der Waals surface area contributed by atoms with Gasteiger partial charge in [0.05, 0.1) is 11.1 Å². The number of amides is 1. The highest BCUT2D eigenvalue weighted by Gasteiger charge is 2.15. The van der Waals surface area contributed by atoms with Gasteiger partial charge in [0.2, 0.25) is 5.91 Å². The van der Waals surface area contributed by atoms with E-state index >= 15 is 0 Å². The van der Waals surface area contributed by atoms with Gasteiger partial charge in [-0.1, -0.05) is 35.1 Å². The summed E-state index contributed by atoms with van der Waals surface area (Å²) in [5.74, 6) is 0.300. The van der Waals surface area contributed by atoms with E-state index in [9.17, 15) is 14.4 Å². The standard InChI is InChI=1S/C22H24ClN5O4S/c1-13-6-5-7-16(23)15(13)10-17(29)18-12-24-22(33-18)26-19-11-21(31)28(14(2)25-19)9-4-3-8-20(30)27-32/h5-7,11-12,32H,3-4,8-10H2,1-2H3,(H,24,26)(H,27,30). The van der Waals surface area contributed by atoms with Crippen LogP contribution in [0.3, 0.4) is 0 Å². The van der Waals surface area contributed by atoms with Crippen LogP contribution in [0, 0.1) is 13.8 Å². The van der Waals surface area contributed by atoms with Crippen LogP contribution >= 0.6 is 22.9 Å². The zero-order chi connectivity index (χ0) is 24.0. The van der Waals surface area contributed by atoms with Gasteiger partial charge in [-0.25, -0.2) is 15.4 Å². The number of unbranched alkanes of at least 4 members (excludes halogenated alkanes) is 1. The summed E-state index contributed by atoms with van der Waals surface area (Å²) >= 11 is 7.41. The number of aromatic nitrogens is 3. The molecule has 174 valence electrons. The maximum absolute atomic E-state index is 12.7. The van der Waals surface area contributed by atoms with Crippen molar-refractivity contribution in [3.8, 4) is 0 Å². The van der Waals surface area contributed by atoms with Crippen molar-refractivity contribution < 1.29 is 14.8 Å². The third-order valence-corrected chi connectivity index (χ3v) is 6.37. The third kappa shape index (κ3) is 6.47. The van der Waals surface area contributed by atoms with E-state index in [0.717, 1.165) is 11.1 Å². The summed E-state index contributed by atoms with van der Waals surface area (Å²) in [6.07, 6.45) is 2.98. The van der Waals surface area contributed by atoms with Gasteiger partial charge in [-0.15, -0.1) is 0 Å². The van der Waals surface area contributed by atoms with E-state index in [1.165, 1.54) is 28.2 Å². The first-order chi connectivity index (χ1) is 15.8. The fourth-order valence-corrected chi connectivity index (χ4v) is 4.33. The first-order valence-corrected chi connectivity index (χ1v) is 11.5. The van der Waals surface area contributed by atoms with Crippen LogP contribution in [0.15, 0.2) is 35.3 Å². The molecule has 2 aromatic heterocycles. The highest BCUT2D eigenvalue weighted by molar-refractivity contribution is 7.17. The number of halogens is 1. The molecule has 1 aromatic carbocycles. The minimum atomic E-state index is -0.458. The van der Waals surface area contributed by atoms with Crippen LogP contribution in [0.2, 0.25) is 5.02 Å². The van der Waals surface area contributed by atoms with E-state index in [2.05, 4.69) is 15.3 Å². The highest BCUT2D eigenvalue weighted by atomic mass is 35.5. The summed E-state index contributed by atoms with van der Waals surface area (Å²) in [6.45, 7) is 4.04. The van der Waals surface area contributed by atoms with Gasteiger partial charge in [0.15, 0.2) is 10.9 Å². The molecule has 1 amide bonds. The Hall–Kier alpha value is -3.08. The van der Waals surface area contributed by atoms with E-state index in [1.54, 1.807) is 18.5 Å². The van der Waals surface area contributed by atoms with Crippen LogP contribution in [0.5, 0.6) is 0 Å². The monoisotopic (exact) mass is 489 g/mol. The van der Waals surface area contributed by atoms with Crippen LogP contribution in [-0.2, 0) is 17.8 Å². The number of hydrogen-bond acceptors (Lipinski definition) is 8. The maximum atomic E-state index is 12.7. The zero-order valence-electron chi connectivity index (χ0n) is 18.2. The van der Waals surface area contributed by atoms with Gasteiger partial charge in [0, 0.05) is 30.5 Å². The average Bonchev–Trinajstić information content (AvgIpc) is 3.23. The molecular formula is C22H24ClN5O4S. The number of benzene rings is 1. The largest absolute Gasteiger partial charge is 0.316 e. The Kier molecular flexibility index (Phi) is 8.32. The van der Waals surface area contributed by atoms with Crippen LogP contribution in [0.25, 0.3) is 0 Å². The minimum Gasteiger partial charge on any atom is -0.316 e. The molecule has 0 aliphatic carbocycles. The van der Waals surface area contributed by atoms with Crippen molar-refractivity contribution in [3.05, 3.63) is 67.7 Å². The molecule has 3 aromatic rings. The molecule has 0 saturated carbocycles. The first-order valence-electron chi connectivity index (χ1n) is 10.3. The Labute approximate surface area is 199 Å². The summed E-state index contributed by atoms with van der Waals surface area (Å²) in [6, 6.07) is 6.89. The number of Topliss-reactive ketones (excluding diaryl/α,β-unsaturated/α-hetero) is 1. The first kappa shape index (κ1) is 24.6. The molecule has 0 spiro atoms. The molecule has 11 heteroatoms. The normalized spacial score (nSPS) is 10.8. The Balaban J connectivity index is 1.64. The smallest absolute Gasteiger partial charge is 0.255 e. The number of ketones is 1. The number of nitrogens with zero attached hydrogens (tertiary/aromatic N) is 3. The lowest BCUT2D eigenvalue weighted by Gasteiger charge is -2.10. The number of hydrogen-bond donors (Lipinski definition) is 3. The molecule has 33 heavy (non-hydrogen) atoms. The summed E-state index contributed by atoms with van der Waals surface area (Å²) < 4.78 is 1.52. The Morgan fingerprint density at radius 3 is 2.73 bits per heavy atom. The highest BCUT2D eigenvalue weighted by Crippen LogP contribution is 2.25. The van der Waals surface area contributed by atoms with Crippen molar-refractivity contribution in [2.24, 2.45) is 0 Å². The molecular weight excluding hydrogens is 466 g/mol. The summed E-state index contributed by atoms with van der Waals surface area (Å²) in [5, 5.41) is 12.5. The number of carbonyl (C=O) groups excluding carboxylic acids is 2. The van der Waals surface area contributed by atoms with E-state index in [0.29, 0.717) is 46.1 Å². The average molecular weight is 490 g/mol. The van der Waals surface area contributed by atoms with Gasteiger partial charge in [-0.3, -0.25) is 24.2 Å². The SMILES string of the molecule is Cc1cccc(Cl)c1CC(=O)c1cnc(Nc2cc(=O)n(CCCCC(=O)NO)c(C)n2)s1. The van der Waals surface area contributed by atoms with Crippen molar-refractivity contribution in [3.63, 3.8) is 0 Å². The van der Waals surface area contributed by atoms with Crippen molar-refractivity contribution in [2.45, 2.75) is 46.1 Å².